The van der Waals surface area contributed by atoms with E-state index in [0.29, 0.717) is 35.6 Å². The van der Waals surface area contributed by atoms with Gasteiger partial charge in [0, 0.05) is 6.07 Å². The fourth-order valence-electron chi connectivity index (χ4n) is 3.40. The first-order valence-corrected chi connectivity index (χ1v) is 9.70. The summed E-state index contributed by atoms with van der Waals surface area (Å²) in [4.78, 5) is 23.5. The molecular weight excluding hydrogens is 370 g/mol. The van der Waals surface area contributed by atoms with E-state index >= 15 is 0 Å². The third-order valence-corrected chi connectivity index (χ3v) is 4.79. The summed E-state index contributed by atoms with van der Waals surface area (Å²) in [5, 5.41) is 6.78. The number of hydrogen-bond acceptors (Lipinski definition) is 7. The Labute approximate surface area is 168 Å². The third-order valence-electron chi connectivity index (χ3n) is 4.79. The molecule has 2 aromatic heterocycles. The number of rotatable bonds is 6. The number of carbonyl (C=O) groups excluding carboxylic acids is 1. The summed E-state index contributed by atoms with van der Waals surface area (Å²) >= 11 is 0. The SMILES string of the molecule is Cc1noc(CN2CCCC[C@@H]2C(=O)Nc2ccc(Oc3ccccc3)nc2)n1. The van der Waals surface area contributed by atoms with Crippen molar-refractivity contribution in [2.24, 2.45) is 0 Å². The number of aryl methyl sites for hydroxylation is 1. The molecule has 0 radical (unpaired) electrons. The van der Waals surface area contributed by atoms with E-state index in [4.69, 9.17) is 9.26 Å². The molecule has 150 valence electrons. The minimum Gasteiger partial charge on any atom is -0.439 e. The summed E-state index contributed by atoms with van der Waals surface area (Å²) in [6, 6.07) is 12.7. The first-order valence-electron chi connectivity index (χ1n) is 9.70. The van der Waals surface area contributed by atoms with Gasteiger partial charge in [0.2, 0.25) is 17.7 Å². The molecule has 1 amide bonds. The monoisotopic (exact) mass is 393 g/mol. The Morgan fingerprint density at radius 3 is 2.83 bits per heavy atom. The van der Waals surface area contributed by atoms with Crippen LogP contribution in [-0.4, -0.2) is 38.5 Å². The van der Waals surface area contributed by atoms with Crippen molar-refractivity contribution in [3.63, 3.8) is 0 Å². The molecule has 3 aromatic rings. The zero-order valence-corrected chi connectivity index (χ0v) is 16.2. The van der Waals surface area contributed by atoms with Crippen LogP contribution >= 0.6 is 0 Å². The first kappa shape index (κ1) is 19.1. The fraction of sp³-hybridized carbons (Fsp3) is 0.333. The highest BCUT2D eigenvalue weighted by molar-refractivity contribution is 5.94. The minimum atomic E-state index is -0.240. The van der Waals surface area contributed by atoms with Crippen LogP contribution in [0.2, 0.25) is 0 Å². The van der Waals surface area contributed by atoms with Gasteiger partial charge in [-0.2, -0.15) is 4.98 Å². The lowest BCUT2D eigenvalue weighted by Crippen LogP contribution is -2.46. The van der Waals surface area contributed by atoms with E-state index in [1.807, 2.05) is 30.3 Å². The van der Waals surface area contributed by atoms with Crippen LogP contribution in [-0.2, 0) is 11.3 Å². The van der Waals surface area contributed by atoms with Gasteiger partial charge < -0.3 is 14.6 Å². The molecule has 0 unspecified atom stereocenters. The van der Waals surface area contributed by atoms with Crippen molar-refractivity contribution in [2.75, 3.05) is 11.9 Å². The second kappa shape index (κ2) is 8.83. The largest absolute Gasteiger partial charge is 0.439 e. The second-order valence-corrected chi connectivity index (χ2v) is 7.01. The molecule has 8 nitrogen and oxygen atoms in total. The van der Waals surface area contributed by atoms with Crippen LogP contribution in [0.1, 0.15) is 31.0 Å². The number of nitrogens with one attached hydrogen (secondary N) is 1. The highest BCUT2D eigenvalue weighted by atomic mass is 16.5. The van der Waals surface area contributed by atoms with Crippen LogP contribution in [0.15, 0.2) is 53.2 Å². The van der Waals surface area contributed by atoms with Crippen LogP contribution in [0.4, 0.5) is 5.69 Å². The van der Waals surface area contributed by atoms with Gasteiger partial charge in [-0.05, 0) is 44.5 Å². The minimum absolute atomic E-state index is 0.0561. The number of anilines is 1. The lowest BCUT2D eigenvalue weighted by Gasteiger charge is -2.33. The molecule has 1 atom stereocenters. The van der Waals surface area contributed by atoms with E-state index in [1.54, 1.807) is 25.3 Å². The summed E-state index contributed by atoms with van der Waals surface area (Å²) in [7, 11) is 0. The second-order valence-electron chi connectivity index (χ2n) is 7.01. The van der Waals surface area contributed by atoms with Crippen LogP contribution in [0.3, 0.4) is 0 Å². The average molecular weight is 393 g/mol. The maximum atomic E-state index is 12.9. The molecule has 0 aliphatic carbocycles. The van der Waals surface area contributed by atoms with Gasteiger partial charge in [0.25, 0.3) is 0 Å². The number of hydrogen-bond donors (Lipinski definition) is 1. The zero-order valence-electron chi connectivity index (χ0n) is 16.2. The van der Waals surface area contributed by atoms with E-state index in [2.05, 4.69) is 25.3 Å². The Hall–Kier alpha value is -3.26. The molecule has 3 heterocycles. The average Bonchev–Trinajstić information content (AvgIpc) is 3.15. The molecule has 1 aromatic carbocycles. The summed E-state index contributed by atoms with van der Waals surface area (Å²) in [5.41, 5.74) is 0.634. The molecule has 8 heteroatoms. The lowest BCUT2D eigenvalue weighted by molar-refractivity contribution is -0.122. The van der Waals surface area contributed by atoms with Crippen LogP contribution in [0.25, 0.3) is 0 Å². The quantitative estimate of drug-likeness (QED) is 0.684. The van der Waals surface area contributed by atoms with Crippen molar-refractivity contribution in [1.82, 2.24) is 20.0 Å². The van der Waals surface area contributed by atoms with Gasteiger partial charge in [-0.15, -0.1) is 0 Å². The highest BCUT2D eigenvalue weighted by Crippen LogP contribution is 2.23. The van der Waals surface area contributed by atoms with Gasteiger partial charge in [0.15, 0.2) is 5.82 Å². The Balaban J connectivity index is 1.38. The van der Waals surface area contributed by atoms with E-state index in [9.17, 15) is 4.79 Å². The molecule has 1 fully saturated rings. The standard InChI is InChI=1S/C21H23N5O3/c1-15-23-20(29-25-15)14-26-12-6-5-9-18(26)21(27)24-16-10-11-19(22-13-16)28-17-7-3-2-4-8-17/h2-4,7-8,10-11,13,18H,5-6,9,12,14H2,1H3,(H,24,27)/t18-/m1/s1. The summed E-state index contributed by atoms with van der Waals surface area (Å²) in [6.07, 6.45) is 4.45. The Bertz CT molecular complexity index is 942. The number of benzene rings is 1. The van der Waals surface area contributed by atoms with E-state index in [0.717, 1.165) is 25.8 Å². The number of piperidine rings is 1. The van der Waals surface area contributed by atoms with Gasteiger partial charge >= 0.3 is 0 Å². The maximum Gasteiger partial charge on any atom is 0.241 e. The number of carbonyl (C=O) groups is 1. The predicted octanol–water partition coefficient (Wildman–Crippen LogP) is 3.56. The lowest BCUT2D eigenvalue weighted by atomic mass is 10.0. The van der Waals surface area contributed by atoms with E-state index < -0.39 is 0 Å². The maximum absolute atomic E-state index is 12.9. The van der Waals surface area contributed by atoms with Gasteiger partial charge in [-0.3, -0.25) is 9.69 Å². The molecule has 0 bridgehead atoms. The number of pyridine rings is 1. The molecule has 29 heavy (non-hydrogen) atoms. The van der Waals surface area contributed by atoms with E-state index in [-0.39, 0.29) is 11.9 Å². The van der Waals surface area contributed by atoms with Crippen LogP contribution in [0.5, 0.6) is 11.6 Å². The number of ether oxygens (including phenoxy) is 1. The van der Waals surface area contributed by atoms with Crippen molar-refractivity contribution in [1.29, 1.82) is 0 Å². The molecule has 0 spiro atoms. The van der Waals surface area contributed by atoms with Crippen LogP contribution < -0.4 is 10.1 Å². The number of para-hydroxylation sites is 1. The predicted molar refractivity (Wildman–Crippen MR) is 106 cm³/mol. The number of amides is 1. The Kier molecular flexibility index (Phi) is 5.81. The molecule has 1 aliphatic rings. The Morgan fingerprint density at radius 2 is 2.10 bits per heavy atom. The topological polar surface area (TPSA) is 93.4 Å². The summed E-state index contributed by atoms with van der Waals surface area (Å²) in [5.74, 6) is 2.26. The van der Waals surface area contributed by atoms with Crippen molar-refractivity contribution >= 4 is 11.6 Å². The number of aromatic nitrogens is 3. The van der Waals surface area contributed by atoms with Gasteiger partial charge in [-0.1, -0.05) is 29.8 Å². The van der Waals surface area contributed by atoms with Crippen molar-refractivity contribution in [3.05, 3.63) is 60.4 Å². The van der Waals surface area contributed by atoms with Crippen molar-refractivity contribution < 1.29 is 14.1 Å². The molecule has 1 N–H and O–H groups in total. The molecule has 1 saturated heterocycles. The smallest absolute Gasteiger partial charge is 0.241 e. The Morgan fingerprint density at radius 1 is 1.24 bits per heavy atom. The molecule has 4 rings (SSSR count). The molecule has 0 saturated carbocycles. The van der Waals surface area contributed by atoms with Crippen molar-refractivity contribution in [2.45, 2.75) is 38.8 Å². The number of nitrogens with zero attached hydrogens (tertiary/aromatic N) is 4. The van der Waals surface area contributed by atoms with Gasteiger partial charge in [-0.25, -0.2) is 4.98 Å². The van der Waals surface area contributed by atoms with E-state index in [1.165, 1.54) is 0 Å². The highest BCUT2D eigenvalue weighted by Gasteiger charge is 2.30. The normalized spacial score (nSPS) is 17.1. The van der Waals surface area contributed by atoms with Gasteiger partial charge in [0.1, 0.15) is 5.75 Å². The first-order chi connectivity index (χ1) is 14.2. The molecule has 1 aliphatic heterocycles. The fourth-order valence-corrected chi connectivity index (χ4v) is 3.40. The zero-order chi connectivity index (χ0) is 20.1. The van der Waals surface area contributed by atoms with Crippen LogP contribution in [0, 0.1) is 6.92 Å². The molecular formula is C21H23N5O3. The summed E-state index contributed by atoms with van der Waals surface area (Å²) < 4.78 is 10.9. The number of likely N-dealkylation sites (tertiary alicyclic amines) is 1. The van der Waals surface area contributed by atoms with Crippen molar-refractivity contribution in [3.8, 4) is 11.6 Å². The summed E-state index contributed by atoms with van der Waals surface area (Å²) in [6.45, 7) is 3.08. The van der Waals surface area contributed by atoms with Gasteiger partial charge in [0.05, 0.1) is 24.5 Å². The third kappa shape index (κ3) is 4.97.